The minimum absolute atomic E-state index is 0.0285. The quantitative estimate of drug-likeness (QED) is 0.552. The van der Waals surface area contributed by atoms with Crippen molar-refractivity contribution in [3.8, 4) is 0 Å². The monoisotopic (exact) mass is 482 g/mol. The molecule has 0 radical (unpaired) electrons. The van der Waals surface area contributed by atoms with Crippen LogP contribution in [0.25, 0.3) is 0 Å². The largest absolute Gasteiger partial charge is 0.434 e. The summed E-state index contributed by atoms with van der Waals surface area (Å²) >= 11 is 11.7. The van der Waals surface area contributed by atoms with Crippen LogP contribution >= 0.6 is 23.2 Å². The van der Waals surface area contributed by atoms with Crippen molar-refractivity contribution in [1.82, 2.24) is 10.3 Å². The average Bonchev–Trinajstić information content (AvgIpc) is 2.69. The normalized spacial score (nSPS) is 22.8. The molecule has 0 aliphatic heterocycles. The molecule has 1 saturated carbocycles. The molecule has 1 atom stereocenters. The van der Waals surface area contributed by atoms with E-state index in [2.05, 4.69) is 10.3 Å². The number of aromatic nitrogens is 1. The van der Waals surface area contributed by atoms with E-state index < -0.39 is 52.0 Å². The van der Waals surface area contributed by atoms with Crippen molar-refractivity contribution in [1.29, 1.82) is 0 Å². The Hall–Kier alpha value is -1.97. The van der Waals surface area contributed by atoms with Crippen LogP contribution in [0.3, 0.4) is 0 Å². The predicted molar refractivity (Wildman–Crippen MR) is 104 cm³/mol. The SMILES string of the molecule is O=C(NC(c1cc(Cl)ccc1F)[C@]1(O)CC[C@H](F)CC1)c1ccnc(C(F)(F)F)c1Cl. The number of amides is 1. The number of hydrogen-bond donors (Lipinski definition) is 2. The van der Waals surface area contributed by atoms with Crippen molar-refractivity contribution in [2.75, 3.05) is 0 Å². The number of halogens is 7. The Morgan fingerprint density at radius 1 is 1.23 bits per heavy atom. The zero-order valence-corrected chi connectivity index (χ0v) is 17.3. The summed E-state index contributed by atoms with van der Waals surface area (Å²) in [6, 6.07) is 3.04. The number of alkyl halides is 4. The molecule has 1 aliphatic rings. The van der Waals surface area contributed by atoms with Gasteiger partial charge in [-0.1, -0.05) is 23.2 Å². The van der Waals surface area contributed by atoms with Crippen LogP contribution in [-0.2, 0) is 6.18 Å². The zero-order valence-electron chi connectivity index (χ0n) is 15.8. The fraction of sp³-hybridized carbons (Fsp3) is 0.400. The van der Waals surface area contributed by atoms with Crippen LogP contribution in [0.1, 0.15) is 53.3 Å². The maximum atomic E-state index is 14.6. The lowest BCUT2D eigenvalue weighted by Crippen LogP contribution is -2.49. The van der Waals surface area contributed by atoms with E-state index in [0.29, 0.717) is 0 Å². The van der Waals surface area contributed by atoms with Crippen LogP contribution in [0.5, 0.6) is 0 Å². The fourth-order valence-electron chi connectivity index (χ4n) is 3.63. The summed E-state index contributed by atoms with van der Waals surface area (Å²) < 4.78 is 67.5. The Bertz CT molecular complexity index is 979. The Labute approximate surface area is 184 Å². The summed E-state index contributed by atoms with van der Waals surface area (Å²) in [5.74, 6) is -1.89. The van der Waals surface area contributed by atoms with E-state index in [4.69, 9.17) is 23.2 Å². The van der Waals surface area contributed by atoms with Gasteiger partial charge < -0.3 is 10.4 Å². The summed E-state index contributed by atoms with van der Waals surface area (Å²) in [5, 5.41) is 12.7. The Morgan fingerprint density at radius 2 is 1.87 bits per heavy atom. The summed E-state index contributed by atoms with van der Waals surface area (Å²) in [6.07, 6.45) is -5.57. The van der Waals surface area contributed by atoms with Crippen molar-refractivity contribution in [3.63, 3.8) is 0 Å². The second kappa shape index (κ2) is 8.88. The van der Waals surface area contributed by atoms with Gasteiger partial charge in [0, 0.05) is 16.8 Å². The number of carbonyl (C=O) groups excluding carboxylic acids is 1. The highest BCUT2D eigenvalue weighted by Gasteiger charge is 2.44. The number of nitrogens with one attached hydrogen (secondary N) is 1. The van der Waals surface area contributed by atoms with Gasteiger partial charge in [-0.2, -0.15) is 13.2 Å². The summed E-state index contributed by atoms with van der Waals surface area (Å²) in [6.45, 7) is 0. The second-order valence-electron chi connectivity index (χ2n) is 7.37. The maximum Gasteiger partial charge on any atom is 0.434 e. The molecular formula is C20H17Cl2F5N2O2. The molecule has 4 nitrogen and oxygen atoms in total. The zero-order chi connectivity index (χ0) is 23.0. The minimum atomic E-state index is -4.90. The number of pyridine rings is 1. The summed E-state index contributed by atoms with van der Waals surface area (Å²) in [4.78, 5) is 16.0. The third kappa shape index (κ3) is 5.10. The fourth-order valence-corrected chi connectivity index (χ4v) is 4.12. The highest BCUT2D eigenvalue weighted by atomic mass is 35.5. The molecule has 0 spiro atoms. The van der Waals surface area contributed by atoms with E-state index in [1.807, 2.05) is 0 Å². The predicted octanol–water partition coefficient (Wildman–Crippen LogP) is 5.66. The molecule has 1 aliphatic carbocycles. The van der Waals surface area contributed by atoms with Crippen LogP contribution in [0.15, 0.2) is 30.5 Å². The lowest BCUT2D eigenvalue weighted by molar-refractivity contribution is -0.141. The average molecular weight is 483 g/mol. The maximum absolute atomic E-state index is 14.6. The minimum Gasteiger partial charge on any atom is -0.387 e. The summed E-state index contributed by atoms with van der Waals surface area (Å²) in [5.41, 5.74) is -3.94. The molecule has 2 aromatic rings. The second-order valence-corrected chi connectivity index (χ2v) is 8.18. The van der Waals surface area contributed by atoms with Crippen molar-refractivity contribution < 1.29 is 31.9 Å². The third-order valence-electron chi connectivity index (χ3n) is 5.27. The first kappa shape index (κ1) is 23.7. The first-order valence-corrected chi connectivity index (χ1v) is 10.0. The van der Waals surface area contributed by atoms with E-state index in [0.717, 1.165) is 18.3 Å². The highest BCUT2D eigenvalue weighted by molar-refractivity contribution is 6.34. The van der Waals surface area contributed by atoms with Crippen molar-refractivity contribution >= 4 is 29.1 Å². The van der Waals surface area contributed by atoms with Gasteiger partial charge >= 0.3 is 6.18 Å². The van der Waals surface area contributed by atoms with Gasteiger partial charge in [-0.05, 0) is 49.9 Å². The highest BCUT2D eigenvalue weighted by Crippen LogP contribution is 2.41. The number of hydrogen-bond acceptors (Lipinski definition) is 3. The molecular weight excluding hydrogens is 466 g/mol. The van der Waals surface area contributed by atoms with Gasteiger partial charge in [0.15, 0.2) is 5.69 Å². The van der Waals surface area contributed by atoms with E-state index in [-0.39, 0.29) is 36.3 Å². The molecule has 1 amide bonds. The van der Waals surface area contributed by atoms with Gasteiger partial charge in [0.25, 0.3) is 5.91 Å². The van der Waals surface area contributed by atoms with Crippen LogP contribution in [-0.4, -0.2) is 27.8 Å². The molecule has 2 N–H and O–H groups in total. The van der Waals surface area contributed by atoms with Crippen LogP contribution in [0.2, 0.25) is 10.0 Å². The lowest BCUT2D eigenvalue weighted by Gasteiger charge is -2.40. The van der Waals surface area contributed by atoms with Gasteiger partial charge in [0.05, 0.1) is 22.2 Å². The number of carbonyl (C=O) groups is 1. The molecule has 0 saturated heterocycles. The molecule has 31 heavy (non-hydrogen) atoms. The smallest absolute Gasteiger partial charge is 0.387 e. The molecule has 1 aromatic heterocycles. The van der Waals surface area contributed by atoms with Gasteiger partial charge in [-0.15, -0.1) is 0 Å². The molecule has 1 unspecified atom stereocenters. The molecule has 168 valence electrons. The Balaban J connectivity index is 2.02. The van der Waals surface area contributed by atoms with E-state index in [1.54, 1.807) is 0 Å². The molecule has 1 aromatic carbocycles. The van der Waals surface area contributed by atoms with Gasteiger partial charge in [-0.25, -0.2) is 8.78 Å². The van der Waals surface area contributed by atoms with Gasteiger partial charge in [-0.3, -0.25) is 9.78 Å². The van der Waals surface area contributed by atoms with Crippen molar-refractivity contribution in [2.45, 2.75) is 49.7 Å². The Morgan fingerprint density at radius 3 is 2.48 bits per heavy atom. The third-order valence-corrected chi connectivity index (χ3v) is 5.88. The van der Waals surface area contributed by atoms with Crippen LogP contribution in [0.4, 0.5) is 22.0 Å². The van der Waals surface area contributed by atoms with E-state index in [9.17, 15) is 31.9 Å². The molecule has 1 heterocycles. The van der Waals surface area contributed by atoms with Gasteiger partial charge in [0.1, 0.15) is 12.0 Å². The van der Waals surface area contributed by atoms with Crippen molar-refractivity contribution in [2.24, 2.45) is 0 Å². The molecule has 0 bridgehead atoms. The Kier molecular flexibility index (Phi) is 6.78. The van der Waals surface area contributed by atoms with Crippen molar-refractivity contribution in [3.05, 3.63) is 63.1 Å². The molecule has 3 rings (SSSR count). The first-order chi connectivity index (χ1) is 14.4. The van der Waals surface area contributed by atoms with Gasteiger partial charge in [0.2, 0.25) is 0 Å². The first-order valence-electron chi connectivity index (χ1n) is 9.26. The summed E-state index contributed by atoms with van der Waals surface area (Å²) in [7, 11) is 0. The molecule has 11 heteroatoms. The number of benzene rings is 1. The number of nitrogens with zero attached hydrogens (tertiary/aromatic N) is 1. The lowest BCUT2D eigenvalue weighted by atomic mass is 9.76. The topological polar surface area (TPSA) is 62.2 Å². The van der Waals surface area contributed by atoms with E-state index >= 15 is 0 Å². The standard InChI is InChI=1S/C20H17Cl2F5N2O2/c21-10-1-2-14(24)13(9-10)16(19(31)6-3-11(23)4-7-19)29-18(30)12-5-8-28-17(15(12)22)20(25,26)27/h1-2,5,8-9,11,16,31H,3-4,6-7H2,(H,29,30)/t11-,16?,19-. The van der Waals surface area contributed by atoms with E-state index in [1.165, 1.54) is 12.1 Å². The number of rotatable bonds is 4. The van der Waals surface area contributed by atoms with Crippen LogP contribution in [0, 0.1) is 5.82 Å². The number of aliphatic hydroxyl groups is 1. The molecule has 1 fully saturated rings. The van der Waals surface area contributed by atoms with Crippen LogP contribution < -0.4 is 5.32 Å².